The van der Waals surface area contributed by atoms with E-state index in [1.54, 1.807) is 22.9 Å². The molecule has 1 N–H and O–H groups in total. The molecule has 0 fully saturated rings. The molecule has 0 aliphatic heterocycles. The lowest BCUT2D eigenvalue weighted by molar-refractivity contribution is 0.600. The van der Waals surface area contributed by atoms with Crippen LogP contribution in [0.3, 0.4) is 0 Å². The summed E-state index contributed by atoms with van der Waals surface area (Å²) in [6, 6.07) is 6.22. The average Bonchev–Trinajstić information content (AvgIpc) is 2.81. The lowest BCUT2D eigenvalue weighted by atomic mass is 10.4. The van der Waals surface area contributed by atoms with Gasteiger partial charge in [-0.3, -0.25) is 4.72 Å². The zero-order valence-corrected chi connectivity index (χ0v) is 10.1. The van der Waals surface area contributed by atoms with Gasteiger partial charge in [0.05, 0.1) is 5.69 Å². The van der Waals surface area contributed by atoms with E-state index in [4.69, 9.17) is 5.26 Å². The van der Waals surface area contributed by atoms with E-state index in [2.05, 4.69) is 9.71 Å². The quantitative estimate of drug-likeness (QED) is 0.917. The number of anilines is 1. The predicted octanol–water partition coefficient (Wildman–Crippen LogP) is 1.82. The molecule has 0 unspecified atom stereocenters. The topological polar surface area (TPSA) is 82.8 Å². The molecule has 7 heteroatoms. The van der Waals surface area contributed by atoms with E-state index >= 15 is 0 Å². The van der Waals surface area contributed by atoms with Crippen LogP contribution < -0.4 is 4.72 Å². The molecule has 0 amide bonds. The molecule has 0 bridgehead atoms. The normalized spacial score (nSPS) is 10.8. The standard InChI is InChI=1S/C10H7N3O2S2/c11-6-9-10(2-1-4-12-9)17(14,15)13-8-3-5-16-7-8/h1-5,7,13H. The summed E-state index contributed by atoms with van der Waals surface area (Å²) in [7, 11) is -3.75. The van der Waals surface area contributed by atoms with E-state index in [1.807, 2.05) is 0 Å². The minimum absolute atomic E-state index is 0.116. The summed E-state index contributed by atoms with van der Waals surface area (Å²) in [5.74, 6) is 0. The van der Waals surface area contributed by atoms with Gasteiger partial charge in [-0.1, -0.05) is 0 Å². The van der Waals surface area contributed by atoms with E-state index in [9.17, 15) is 8.42 Å². The highest BCUT2D eigenvalue weighted by atomic mass is 32.2. The van der Waals surface area contributed by atoms with Gasteiger partial charge in [0.2, 0.25) is 0 Å². The SMILES string of the molecule is N#Cc1ncccc1S(=O)(=O)Nc1ccsc1. The van der Waals surface area contributed by atoms with Crippen LogP contribution in [0.1, 0.15) is 5.69 Å². The van der Waals surface area contributed by atoms with Gasteiger partial charge in [-0.05, 0) is 23.6 Å². The summed E-state index contributed by atoms with van der Waals surface area (Å²) >= 11 is 1.38. The van der Waals surface area contributed by atoms with E-state index < -0.39 is 10.0 Å². The van der Waals surface area contributed by atoms with Gasteiger partial charge >= 0.3 is 0 Å². The highest BCUT2D eigenvalue weighted by Gasteiger charge is 2.19. The molecule has 0 saturated heterocycles. The molecule has 0 aliphatic rings. The largest absolute Gasteiger partial charge is 0.279 e. The summed E-state index contributed by atoms with van der Waals surface area (Å²) in [6.07, 6.45) is 1.38. The van der Waals surface area contributed by atoms with Gasteiger partial charge in [0.25, 0.3) is 10.0 Å². The maximum absolute atomic E-state index is 12.0. The number of sulfonamides is 1. The molecular formula is C10H7N3O2S2. The van der Waals surface area contributed by atoms with Crippen molar-refractivity contribution in [3.8, 4) is 6.07 Å². The monoisotopic (exact) mass is 265 g/mol. The number of rotatable bonds is 3. The Labute approximate surface area is 102 Å². The molecule has 2 aromatic heterocycles. The summed E-state index contributed by atoms with van der Waals surface area (Å²) < 4.78 is 26.3. The number of nitrogens with zero attached hydrogens (tertiary/aromatic N) is 2. The maximum atomic E-state index is 12.0. The predicted molar refractivity (Wildman–Crippen MR) is 64.1 cm³/mol. The Morgan fingerprint density at radius 1 is 1.41 bits per heavy atom. The van der Waals surface area contributed by atoms with Crippen molar-refractivity contribution in [3.05, 3.63) is 40.8 Å². The van der Waals surface area contributed by atoms with Crippen molar-refractivity contribution in [2.75, 3.05) is 4.72 Å². The summed E-state index contributed by atoms with van der Waals surface area (Å²) in [4.78, 5) is 3.60. The average molecular weight is 265 g/mol. The number of hydrogen-bond donors (Lipinski definition) is 1. The first-order valence-corrected chi connectivity index (χ1v) is 6.96. The van der Waals surface area contributed by atoms with Crippen LogP contribution in [0.15, 0.2) is 40.1 Å². The van der Waals surface area contributed by atoms with Crippen molar-refractivity contribution in [1.82, 2.24) is 4.98 Å². The van der Waals surface area contributed by atoms with Crippen LogP contribution >= 0.6 is 11.3 Å². The van der Waals surface area contributed by atoms with Gasteiger partial charge in [0.15, 0.2) is 5.69 Å². The Morgan fingerprint density at radius 3 is 2.88 bits per heavy atom. The summed E-state index contributed by atoms with van der Waals surface area (Å²) in [6.45, 7) is 0. The molecule has 0 aromatic carbocycles. The van der Waals surface area contributed by atoms with Crippen LogP contribution in [0.5, 0.6) is 0 Å². The van der Waals surface area contributed by atoms with Gasteiger partial charge in [0, 0.05) is 11.6 Å². The van der Waals surface area contributed by atoms with Crippen molar-refractivity contribution < 1.29 is 8.42 Å². The fraction of sp³-hybridized carbons (Fsp3) is 0. The maximum Gasteiger partial charge on any atom is 0.264 e. The number of nitriles is 1. The Hall–Kier alpha value is -1.91. The van der Waals surface area contributed by atoms with E-state index in [0.717, 1.165) is 0 Å². The molecule has 17 heavy (non-hydrogen) atoms. The van der Waals surface area contributed by atoms with E-state index in [-0.39, 0.29) is 10.6 Å². The fourth-order valence-electron chi connectivity index (χ4n) is 1.22. The molecule has 0 atom stereocenters. The van der Waals surface area contributed by atoms with Gasteiger partial charge in [-0.15, -0.1) is 0 Å². The number of aromatic nitrogens is 1. The molecular weight excluding hydrogens is 258 g/mol. The van der Waals surface area contributed by atoms with E-state index in [0.29, 0.717) is 5.69 Å². The molecule has 0 aliphatic carbocycles. The second kappa shape index (κ2) is 4.53. The third-order valence-electron chi connectivity index (χ3n) is 1.94. The van der Waals surface area contributed by atoms with Crippen molar-refractivity contribution in [2.45, 2.75) is 4.90 Å². The van der Waals surface area contributed by atoms with Crippen molar-refractivity contribution >= 4 is 27.0 Å². The number of pyridine rings is 1. The van der Waals surface area contributed by atoms with E-state index in [1.165, 1.54) is 29.7 Å². The van der Waals surface area contributed by atoms with Crippen LogP contribution in [0.4, 0.5) is 5.69 Å². The van der Waals surface area contributed by atoms with Gasteiger partial charge in [0.1, 0.15) is 11.0 Å². The lowest BCUT2D eigenvalue weighted by Crippen LogP contribution is -2.14. The van der Waals surface area contributed by atoms with Gasteiger partial charge in [-0.25, -0.2) is 13.4 Å². The summed E-state index contributed by atoms with van der Waals surface area (Å²) in [5.41, 5.74) is 0.359. The van der Waals surface area contributed by atoms with Crippen molar-refractivity contribution in [2.24, 2.45) is 0 Å². The molecule has 2 heterocycles. The Balaban J connectivity index is 2.42. The Morgan fingerprint density at radius 2 is 2.24 bits per heavy atom. The number of hydrogen-bond acceptors (Lipinski definition) is 5. The highest BCUT2D eigenvalue weighted by molar-refractivity contribution is 7.92. The Bertz CT molecular complexity index is 657. The zero-order valence-electron chi connectivity index (χ0n) is 8.49. The van der Waals surface area contributed by atoms with Crippen LogP contribution in [0.2, 0.25) is 0 Å². The molecule has 2 aromatic rings. The third kappa shape index (κ3) is 2.43. The Kier molecular flexibility index (Phi) is 3.08. The second-order valence-electron chi connectivity index (χ2n) is 3.08. The van der Waals surface area contributed by atoms with Gasteiger partial charge in [-0.2, -0.15) is 16.6 Å². The first kappa shape index (κ1) is 11.6. The minimum atomic E-state index is -3.75. The van der Waals surface area contributed by atoms with Crippen LogP contribution in [0, 0.1) is 11.3 Å². The fourth-order valence-corrected chi connectivity index (χ4v) is 3.04. The number of nitrogens with one attached hydrogen (secondary N) is 1. The smallest absolute Gasteiger partial charge is 0.264 e. The molecule has 0 spiro atoms. The molecule has 0 saturated carbocycles. The van der Waals surface area contributed by atoms with Crippen LogP contribution in [-0.2, 0) is 10.0 Å². The van der Waals surface area contributed by atoms with Crippen LogP contribution in [0.25, 0.3) is 0 Å². The zero-order chi connectivity index (χ0) is 12.3. The second-order valence-corrected chi connectivity index (χ2v) is 5.51. The molecule has 86 valence electrons. The first-order valence-electron chi connectivity index (χ1n) is 4.53. The van der Waals surface area contributed by atoms with Crippen molar-refractivity contribution in [3.63, 3.8) is 0 Å². The number of thiophene rings is 1. The molecule has 0 radical (unpaired) electrons. The summed E-state index contributed by atoms with van der Waals surface area (Å²) in [5, 5.41) is 12.2. The molecule has 2 rings (SSSR count). The lowest BCUT2D eigenvalue weighted by Gasteiger charge is -2.06. The minimum Gasteiger partial charge on any atom is -0.279 e. The highest BCUT2D eigenvalue weighted by Crippen LogP contribution is 2.19. The first-order chi connectivity index (χ1) is 8.13. The van der Waals surface area contributed by atoms with Crippen molar-refractivity contribution in [1.29, 1.82) is 5.26 Å². The van der Waals surface area contributed by atoms with Gasteiger partial charge < -0.3 is 0 Å². The molecule has 5 nitrogen and oxygen atoms in total. The van der Waals surface area contributed by atoms with Crippen LogP contribution in [-0.4, -0.2) is 13.4 Å². The third-order valence-corrected chi connectivity index (χ3v) is 4.04.